The zero-order valence-corrected chi connectivity index (χ0v) is 11.6. The second kappa shape index (κ2) is 6.35. The van der Waals surface area contributed by atoms with Crippen molar-refractivity contribution < 1.29 is 23.0 Å². The number of esters is 1. The highest BCUT2D eigenvalue weighted by atomic mass is 19.1. The van der Waals surface area contributed by atoms with E-state index in [1.165, 1.54) is 32.2 Å². The van der Waals surface area contributed by atoms with Crippen LogP contribution in [0, 0.1) is 11.6 Å². The van der Waals surface area contributed by atoms with Crippen molar-refractivity contribution in [3.8, 4) is 5.75 Å². The summed E-state index contributed by atoms with van der Waals surface area (Å²) in [7, 11) is 1.47. The Morgan fingerprint density at radius 3 is 2.33 bits per heavy atom. The van der Waals surface area contributed by atoms with Crippen LogP contribution in [0.4, 0.5) is 8.78 Å². The molecule has 0 aliphatic rings. The Hall–Kier alpha value is -2.43. The first kappa shape index (κ1) is 15.0. The van der Waals surface area contributed by atoms with E-state index in [0.29, 0.717) is 5.75 Å². The Balaban J connectivity index is 2.19. The fraction of sp³-hybridized carbons (Fsp3) is 0.188. The van der Waals surface area contributed by atoms with Crippen molar-refractivity contribution in [3.05, 3.63) is 65.2 Å². The first-order chi connectivity index (χ1) is 10.0. The molecule has 1 atom stereocenters. The van der Waals surface area contributed by atoms with Gasteiger partial charge in [-0.2, -0.15) is 0 Å². The van der Waals surface area contributed by atoms with Crippen LogP contribution in [0.2, 0.25) is 0 Å². The molecule has 0 N–H and O–H groups in total. The van der Waals surface area contributed by atoms with Gasteiger partial charge in [-0.3, -0.25) is 0 Å². The third-order valence-corrected chi connectivity index (χ3v) is 3.00. The summed E-state index contributed by atoms with van der Waals surface area (Å²) in [6.45, 7) is 1.42. The van der Waals surface area contributed by atoms with Gasteiger partial charge in [0.25, 0.3) is 0 Å². The number of halogens is 2. The fourth-order valence-corrected chi connectivity index (χ4v) is 1.94. The highest BCUT2D eigenvalue weighted by Gasteiger charge is 2.20. The number of methoxy groups -OCH3 is 1. The van der Waals surface area contributed by atoms with Gasteiger partial charge >= 0.3 is 5.97 Å². The molecule has 2 aromatic carbocycles. The van der Waals surface area contributed by atoms with Crippen LogP contribution < -0.4 is 4.74 Å². The smallest absolute Gasteiger partial charge is 0.338 e. The van der Waals surface area contributed by atoms with Crippen molar-refractivity contribution in [1.82, 2.24) is 0 Å². The van der Waals surface area contributed by atoms with Crippen LogP contribution >= 0.6 is 0 Å². The summed E-state index contributed by atoms with van der Waals surface area (Å²) in [5.41, 5.74) is -0.0216. The summed E-state index contributed by atoms with van der Waals surface area (Å²) >= 11 is 0. The molecule has 0 saturated carbocycles. The Kier molecular flexibility index (Phi) is 4.52. The molecule has 0 aliphatic heterocycles. The predicted octanol–water partition coefficient (Wildman–Crippen LogP) is 3.89. The lowest BCUT2D eigenvalue weighted by Gasteiger charge is -2.15. The van der Waals surface area contributed by atoms with E-state index in [0.717, 1.165) is 12.1 Å². The summed E-state index contributed by atoms with van der Waals surface area (Å²) in [4.78, 5) is 12.0. The van der Waals surface area contributed by atoms with E-state index in [2.05, 4.69) is 0 Å². The maximum Gasteiger partial charge on any atom is 0.338 e. The molecule has 2 aromatic rings. The van der Waals surface area contributed by atoms with E-state index < -0.39 is 23.7 Å². The van der Waals surface area contributed by atoms with Crippen molar-refractivity contribution >= 4 is 5.97 Å². The van der Waals surface area contributed by atoms with Crippen molar-refractivity contribution in [1.29, 1.82) is 0 Å². The van der Waals surface area contributed by atoms with Crippen molar-refractivity contribution in [2.75, 3.05) is 7.11 Å². The Morgan fingerprint density at radius 2 is 1.71 bits per heavy atom. The van der Waals surface area contributed by atoms with E-state index in [4.69, 9.17) is 9.47 Å². The quantitative estimate of drug-likeness (QED) is 0.802. The highest BCUT2D eigenvalue weighted by Crippen LogP contribution is 2.25. The zero-order chi connectivity index (χ0) is 15.4. The topological polar surface area (TPSA) is 35.5 Å². The van der Waals surface area contributed by atoms with Crippen LogP contribution in [0.25, 0.3) is 0 Å². The largest absolute Gasteiger partial charge is 0.497 e. The van der Waals surface area contributed by atoms with Gasteiger partial charge in [0.1, 0.15) is 23.5 Å². The van der Waals surface area contributed by atoms with Crippen molar-refractivity contribution in [3.63, 3.8) is 0 Å². The first-order valence-corrected chi connectivity index (χ1v) is 6.32. The summed E-state index contributed by atoms with van der Waals surface area (Å²) in [5.74, 6) is -1.68. The molecular formula is C16H14F2O3. The van der Waals surface area contributed by atoms with Gasteiger partial charge in [0.15, 0.2) is 0 Å². The molecule has 0 heterocycles. The second-order valence-electron chi connectivity index (χ2n) is 4.41. The lowest BCUT2D eigenvalue weighted by molar-refractivity contribution is 0.0324. The average Bonchev–Trinajstić information content (AvgIpc) is 2.47. The summed E-state index contributed by atoms with van der Waals surface area (Å²) in [6.07, 6.45) is -1.04. The normalized spacial score (nSPS) is 11.8. The number of rotatable bonds is 4. The summed E-state index contributed by atoms with van der Waals surface area (Å²) in [5, 5.41) is 0. The Morgan fingerprint density at radius 1 is 1.10 bits per heavy atom. The molecule has 0 saturated heterocycles. The minimum absolute atomic E-state index is 0.248. The molecule has 3 nitrogen and oxygen atoms in total. The molecule has 0 bridgehead atoms. The number of ether oxygens (including phenoxy) is 2. The van der Waals surface area contributed by atoms with E-state index in [1.807, 2.05) is 0 Å². The van der Waals surface area contributed by atoms with Crippen LogP contribution in [-0.2, 0) is 4.74 Å². The standard InChI is InChI=1S/C16H14F2O3/c1-10(15-13(17)7-4-8-14(15)18)21-16(19)11-5-3-6-12(9-11)20-2/h3-10H,1-2H3. The van der Waals surface area contributed by atoms with Gasteiger partial charge in [-0.15, -0.1) is 0 Å². The fourth-order valence-electron chi connectivity index (χ4n) is 1.94. The van der Waals surface area contributed by atoms with Crippen LogP contribution in [0.5, 0.6) is 5.75 Å². The van der Waals surface area contributed by atoms with Crippen LogP contribution in [0.1, 0.15) is 28.9 Å². The monoisotopic (exact) mass is 292 g/mol. The van der Waals surface area contributed by atoms with E-state index >= 15 is 0 Å². The van der Waals surface area contributed by atoms with Gasteiger partial charge in [0, 0.05) is 0 Å². The van der Waals surface area contributed by atoms with Gasteiger partial charge in [0.05, 0.1) is 18.2 Å². The number of hydrogen-bond acceptors (Lipinski definition) is 3. The maximum absolute atomic E-state index is 13.6. The molecule has 110 valence electrons. The van der Waals surface area contributed by atoms with Gasteiger partial charge in [-0.05, 0) is 37.3 Å². The van der Waals surface area contributed by atoms with Crippen LogP contribution in [0.3, 0.4) is 0 Å². The number of carbonyl (C=O) groups excluding carboxylic acids is 1. The summed E-state index contributed by atoms with van der Waals surface area (Å²) in [6, 6.07) is 9.83. The zero-order valence-electron chi connectivity index (χ0n) is 11.6. The van der Waals surface area contributed by atoms with Crippen molar-refractivity contribution in [2.45, 2.75) is 13.0 Å². The third-order valence-electron chi connectivity index (χ3n) is 3.00. The van der Waals surface area contributed by atoms with Gasteiger partial charge in [0.2, 0.25) is 0 Å². The molecule has 5 heteroatoms. The number of carbonyl (C=O) groups is 1. The molecule has 0 spiro atoms. The summed E-state index contributed by atoms with van der Waals surface area (Å²) < 4.78 is 37.4. The lowest BCUT2D eigenvalue weighted by atomic mass is 10.1. The first-order valence-electron chi connectivity index (χ1n) is 6.32. The molecule has 2 rings (SSSR count). The number of hydrogen-bond donors (Lipinski definition) is 0. The SMILES string of the molecule is COc1cccc(C(=O)OC(C)c2c(F)cccc2F)c1. The molecule has 21 heavy (non-hydrogen) atoms. The minimum atomic E-state index is -1.04. The molecule has 1 unspecified atom stereocenters. The predicted molar refractivity (Wildman–Crippen MR) is 73.2 cm³/mol. The molecule has 0 aliphatic carbocycles. The van der Waals surface area contributed by atoms with Gasteiger partial charge < -0.3 is 9.47 Å². The van der Waals surface area contributed by atoms with E-state index in [-0.39, 0.29) is 11.1 Å². The number of benzene rings is 2. The van der Waals surface area contributed by atoms with Gasteiger partial charge in [-0.1, -0.05) is 12.1 Å². The molecule has 0 amide bonds. The van der Waals surface area contributed by atoms with Crippen LogP contribution in [-0.4, -0.2) is 13.1 Å². The molecule has 0 aromatic heterocycles. The maximum atomic E-state index is 13.6. The average molecular weight is 292 g/mol. The molecular weight excluding hydrogens is 278 g/mol. The van der Waals surface area contributed by atoms with Gasteiger partial charge in [-0.25, -0.2) is 13.6 Å². The molecule has 0 radical (unpaired) electrons. The Bertz CT molecular complexity index is 635. The van der Waals surface area contributed by atoms with E-state index in [9.17, 15) is 13.6 Å². The van der Waals surface area contributed by atoms with E-state index in [1.54, 1.807) is 12.1 Å². The molecule has 0 fully saturated rings. The third kappa shape index (κ3) is 3.37. The van der Waals surface area contributed by atoms with Crippen molar-refractivity contribution in [2.24, 2.45) is 0 Å². The highest BCUT2D eigenvalue weighted by molar-refractivity contribution is 5.90. The van der Waals surface area contributed by atoms with Crippen LogP contribution in [0.15, 0.2) is 42.5 Å². The Labute approximate surface area is 121 Å². The lowest BCUT2D eigenvalue weighted by Crippen LogP contribution is -2.12. The minimum Gasteiger partial charge on any atom is -0.497 e. The second-order valence-corrected chi connectivity index (χ2v) is 4.41.